The van der Waals surface area contributed by atoms with Crippen molar-refractivity contribution in [2.75, 3.05) is 6.54 Å². The molecule has 2 fully saturated rings. The molecule has 194 valence electrons. The van der Waals surface area contributed by atoms with Gasteiger partial charge in [-0.1, -0.05) is 24.3 Å². The Labute approximate surface area is 214 Å². The Morgan fingerprint density at radius 2 is 1.89 bits per heavy atom. The highest BCUT2D eigenvalue weighted by Gasteiger charge is 2.49. The Morgan fingerprint density at radius 1 is 1.16 bits per heavy atom. The summed E-state index contributed by atoms with van der Waals surface area (Å²) in [6.07, 6.45) is 5.28. The molecule has 6 rings (SSSR count). The zero-order chi connectivity index (χ0) is 26.1. The number of fused-ring (bicyclic) bond motifs is 3. The van der Waals surface area contributed by atoms with Crippen LogP contribution in [0.1, 0.15) is 57.5 Å². The van der Waals surface area contributed by atoms with Gasteiger partial charge >= 0.3 is 0 Å². The summed E-state index contributed by atoms with van der Waals surface area (Å²) in [6.45, 7) is 5.13. The van der Waals surface area contributed by atoms with E-state index in [2.05, 4.69) is 15.3 Å². The number of rotatable bonds is 6. The maximum absolute atomic E-state index is 13.5. The van der Waals surface area contributed by atoms with Crippen LogP contribution in [0.25, 0.3) is 27.9 Å². The van der Waals surface area contributed by atoms with Gasteiger partial charge in [0.15, 0.2) is 5.65 Å². The summed E-state index contributed by atoms with van der Waals surface area (Å²) in [5.41, 5.74) is 3.54. The second-order valence-corrected chi connectivity index (χ2v) is 12.8. The first kappa shape index (κ1) is 24.1. The van der Waals surface area contributed by atoms with E-state index in [1.807, 2.05) is 34.7 Å². The van der Waals surface area contributed by atoms with Gasteiger partial charge in [-0.2, -0.15) is 4.31 Å². The van der Waals surface area contributed by atoms with Crippen LogP contribution in [-0.2, 0) is 20.4 Å². The van der Waals surface area contributed by atoms with Gasteiger partial charge in [0.25, 0.3) is 0 Å². The molecule has 3 N–H and O–H groups in total. The molecule has 1 saturated heterocycles. The maximum atomic E-state index is 13.5. The van der Waals surface area contributed by atoms with Crippen LogP contribution in [-0.4, -0.2) is 60.9 Å². The number of carbonyl (C=O) groups is 1. The molecule has 3 aromatic heterocycles. The summed E-state index contributed by atoms with van der Waals surface area (Å²) in [6, 6.07) is 8.62. The lowest BCUT2D eigenvalue weighted by molar-refractivity contribution is -0.119. The van der Waals surface area contributed by atoms with Crippen molar-refractivity contribution in [2.45, 2.75) is 63.0 Å². The van der Waals surface area contributed by atoms with Crippen molar-refractivity contribution in [1.82, 2.24) is 29.0 Å². The molecule has 37 heavy (non-hydrogen) atoms. The van der Waals surface area contributed by atoms with Crippen molar-refractivity contribution in [3.63, 3.8) is 0 Å². The quantitative estimate of drug-likeness (QED) is 0.357. The van der Waals surface area contributed by atoms with Gasteiger partial charge in [-0.15, -0.1) is 0 Å². The van der Waals surface area contributed by atoms with Crippen molar-refractivity contribution in [2.24, 2.45) is 0 Å². The average Bonchev–Trinajstić information content (AvgIpc) is 3.28. The lowest BCUT2D eigenvalue weighted by Crippen LogP contribution is -2.39. The molecule has 11 heteroatoms. The van der Waals surface area contributed by atoms with E-state index >= 15 is 0 Å². The number of H-pyrrole nitrogens is 1. The summed E-state index contributed by atoms with van der Waals surface area (Å²) in [7, 11) is -3.54. The molecule has 0 radical (unpaired) electrons. The Bertz CT molecular complexity index is 1610. The number of aliphatic hydroxyl groups is 1. The highest BCUT2D eigenvalue weighted by atomic mass is 32.2. The Balaban J connectivity index is 1.53. The normalized spacial score (nSPS) is 21.2. The largest absolute Gasteiger partial charge is 0.386 e. The predicted octanol–water partition coefficient (Wildman–Crippen LogP) is 2.85. The number of amides is 1. The number of nitrogens with one attached hydrogen (secondary N) is 2. The van der Waals surface area contributed by atoms with E-state index < -0.39 is 21.7 Å². The number of imidazole rings is 1. The fraction of sp³-hybridized carbons (Fsp3) is 0.423. The van der Waals surface area contributed by atoms with Crippen molar-refractivity contribution < 1.29 is 18.3 Å². The molecule has 10 nitrogen and oxygen atoms in total. The minimum atomic E-state index is -3.54. The fourth-order valence-electron chi connectivity index (χ4n) is 5.33. The molecule has 2 atom stereocenters. The molecular weight excluding hydrogens is 492 g/mol. The van der Waals surface area contributed by atoms with E-state index in [4.69, 9.17) is 4.98 Å². The monoisotopic (exact) mass is 522 g/mol. The van der Waals surface area contributed by atoms with Gasteiger partial charge in [-0.3, -0.25) is 9.20 Å². The maximum Gasteiger partial charge on any atom is 0.217 e. The van der Waals surface area contributed by atoms with E-state index in [1.54, 1.807) is 30.5 Å². The second kappa shape index (κ2) is 8.37. The van der Waals surface area contributed by atoms with Gasteiger partial charge in [-0.25, -0.2) is 18.4 Å². The van der Waals surface area contributed by atoms with Gasteiger partial charge in [0, 0.05) is 31.3 Å². The van der Waals surface area contributed by atoms with Crippen LogP contribution in [0.5, 0.6) is 0 Å². The number of hydrogen-bond donors (Lipinski definition) is 3. The van der Waals surface area contributed by atoms with Crippen LogP contribution < -0.4 is 5.32 Å². The number of benzene rings is 1. The smallest absolute Gasteiger partial charge is 0.217 e. The van der Waals surface area contributed by atoms with Crippen LogP contribution in [0, 0.1) is 0 Å². The average molecular weight is 523 g/mol. The zero-order valence-corrected chi connectivity index (χ0v) is 21.8. The van der Waals surface area contributed by atoms with Gasteiger partial charge < -0.3 is 15.4 Å². The molecule has 0 unspecified atom stereocenters. The molecule has 1 amide bonds. The third-order valence-electron chi connectivity index (χ3n) is 7.30. The van der Waals surface area contributed by atoms with E-state index in [1.165, 1.54) is 6.92 Å². The first-order chi connectivity index (χ1) is 17.5. The van der Waals surface area contributed by atoms with Crippen LogP contribution in [0.15, 0.2) is 42.7 Å². The first-order valence-electron chi connectivity index (χ1n) is 12.5. The molecule has 0 bridgehead atoms. The van der Waals surface area contributed by atoms with Crippen molar-refractivity contribution >= 4 is 32.6 Å². The topological polar surface area (TPSA) is 133 Å². The third kappa shape index (κ3) is 4.11. The molecule has 2 aliphatic rings. The van der Waals surface area contributed by atoms with Crippen molar-refractivity contribution in [3.8, 4) is 11.3 Å². The van der Waals surface area contributed by atoms with Gasteiger partial charge in [0.05, 0.1) is 39.8 Å². The molecule has 4 aromatic rings. The summed E-state index contributed by atoms with van der Waals surface area (Å²) < 4.78 is 30.5. The summed E-state index contributed by atoms with van der Waals surface area (Å²) in [5, 5.41) is 12.9. The number of aromatic amines is 1. The van der Waals surface area contributed by atoms with E-state index in [-0.39, 0.29) is 23.7 Å². The lowest BCUT2D eigenvalue weighted by Gasteiger charge is -2.23. The molecule has 1 aliphatic carbocycles. The second-order valence-electron chi connectivity index (χ2n) is 10.6. The van der Waals surface area contributed by atoms with Gasteiger partial charge in [0.1, 0.15) is 5.82 Å². The molecule has 1 saturated carbocycles. The minimum absolute atomic E-state index is 0.188. The summed E-state index contributed by atoms with van der Waals surface area (Å²) in [5.74, 6) is 0.410. The highest BCUT2D eigenvalue weighted by molar-refractivity contribution is 7.90. The summed E-state index contributed by atoms with van der Waals surface area (Å²) in [4.78, 5) is 24.6. The van der Waals surface area contributed by atoms with Crippen LogP contribution in [0.2, 0.25) is 0 Å². The Morgan fingerprint density at radius 3 is 2.54 bits per heavy atom. The number of carbonyl (C=O) groups excluding carboxylic acids is 1. The van der Waals surface area contributed by atoms with Crippen molar-refractivity contribution in [1.29, 1.82) is 0 Å². The SMILES string of the molecule is CC(=O)N[C@@H]1C[C@@H](c2nc(-c3ccc(C(C)(C)O)cc3)c3cnc4[nH]ccc4n23)N(S(=O)(=O)C2CC2)C1. The zero-order valence-electron chi connectivity index (χ0n) is 21.0. The van der Waals surface area contributed by atoms with E-state index in [9.17, 15) is 18.3 Å². The van der Waals surface area contributed by atoms with Crippen LogP contribution in [0.4, 0.5) is 0 Å². The molecule has 0 spiro atoms. The number of aromatic nitrogens is 4. The number of nitrogens with zero attached hydrogens (tertiary/aromatic N) is 4. The van der Waals surface area contributed by atoms with Gasteiger partial charge in [0.2, 0.25) is 15.9 Å². The molecule has 1 aromatic carbocycles. The summed E-state index contributed by atoms with van der Waals surface area (Å²) >= 11 is 0. The van der Waals surface area contributed by atoms with Gasteiger partial charge in [-0.05, 0) is 44.7 Å². The first-order valence-corrected chi connectivity index (χ1v) is 14.0. The van der Waals surface area contributed by atoms with Crippen molar-refractivity contribution in [3.05, 3.63) is 54.1 Å². The fourth-order valence-corrected chi connectivity index (χ4v) is 7.37. The lowest BCUT2D eigenvalue weighted by atomic mass is 9.97. The Kier molecular flexibility index (Phi) is 5.45. The standard InChI is InChI=1S/C26H30N6O4S/c1-15(33)29-18-12-21(31(14-18)37(35,36)19-8-9-19)25-30-23(16-4-6-17(7-5-16)26(2,3)34)22-13-28-24-20(32(22)25)10-11-27-24/h4-7,10-11,13,18-19,21,27,34H,8-9,12,14H2,1-3H3,(H,29,33)/t18-,21+/m1/s1. The minimum Gasteiger partial charge on any atom is -0.386 e. The van der Waals surface area contributed by atoms with Crippen LogP contribution in [0.3, 0.4) is 0 Å². The third-order valence-corrected chi connectivity index (χ3v) is 9.67. The highest BCUT2D eigenvalue weighted by Crippen LogP contribution is 2.42. The van der Waals surface area contributed by atoms with Crippen LogP contribution >= 0.6 is 0 Å². The molecule has 1 aliphatic heterocycles. The number of hydrogen-bond acceptors (Lipinski definition) is 6. The molecule has 4 heterocycles. The van der Waals surface area contributed by atoms with E-state index in [0.717, 1.165) is 22.2 Å². The predicted molar refractivity (Wildman–Crippen MR) is 139 cm³/mol. The van der Waals surface area contributed by atoms with E-state index in [0.29, 0.717) is 36.4 Å². The Hall–Kier alpha value is -3.28. The number of sulfonamides is 1. The molecular formula is C26H30N6O4S.